The number of rotatable bonds is 3. The number of aromatic nitrogens is 2. The molecular weight excluding hydrogens is 312 g/mol. The van der Waals surface area contributed by atoms with Crippen molar-refractivity contribution in [2.45, 2.75) is 12.8 Å². The van der Waals surface area contributed by atoms with E-state index in [0.29, 0.717) is 0 Å². The Hall–Kier alpha value is -3.14. The second-order valence-corrected chi connectivity index (χ2v) is 6.14. The Morgan fingerprint density at radius 2 is 1.80 bits per heavy atom. The molecule has 3 aromatic carbocycles. The van der Waals surface area contributed by atoms with Crippen molar-refractivity contribution in [3.05, 3.63) is 72.6 Å². The Balaban J connectivity index is 1.71. The molecule has 1 heterocycles. The Bertz CT molecular complexity index is 1080. The Kier molecular flexibility index (Phi) is 3.73. The van der Waals surface area contributed by atoms with Gasteiger partial charge in [0.15, 0.2) is 0 Å². The Morgan fingerprint density at radius 3 is 2.64 bits per heavy atom. The largest absolute Gasteiger partial charge is 0.497 e. The molecule has 1 aromatic heterocycles. The predicted octanol–water partition coefficient (Wildman–Crippen LogP) is 4.64. The van der Waals surface area contributed by atoms with Crippen LogP contribution in [0.2, 0.25) is 0 Å². The average Bonchev–Trinajstić information content (AvgIpc) is 3.10. The molecule has 0 saturated carbocycles. The standard InChI is InChI=1S/C21H18N2O2/c1-14(21(24)23-13-22-19-5-3-4-6-20(19)23)15-7-8-17-12-18(25-2)10-9-16(17)11-15/h3-14H,1-2H3/t14-/m0/s1. The van der Waals surface area contributed by atoms with E-state index in [4.69, 9.17) is 4.74 Å². The van der Waals surface area contributed by atoms with Crippen LogP contribution in [-0.4, -0.2) is 22.6 Å². The van der Waals surface area contributed by atoms with Gasteiger partial charge in [-0.2, -0.15) is 0 Å². The first-order chi connectivity index (χ1) is 12.2. The van der Waals surface area contributed by atoms with Crippen LogP contribution in [0.3, 0.4) is 0 Å². The topological polar surface area (TPSA) is 44.1 Å². The summed E-state index contributed by atoms with van der Waals surface area (Å²) in [6.07, 6.45) is 1.61. The number of hydrogen-bond acceptors (Lipinski definition) is 3. The molecule has 4 aromatic rings. The van der Waals surface area contributed by atoms with Crippen LogP contribution in [0.1, 0.15) is 23.2 Å². The molecule has 0 saturated heterocycles. The maximum absolute atomic E-state index is 13.0. The van der Waals surface area contributed by atoms with Crippen LogP contribution < -0.4 is 4.74 Å². The second kappa shape index (κ2) is 6.06. The molecule has 0 aliphatic heterocycles. The fraction of sp³-hybridized carbons (Fsp3) is 0.143. The highest BCUT2D eigenvalue weighted by Crippen LogP contribution is 2.26. The summed E-state index contributed by atoms with van der Waals surface area (Å²) in [7, 11) is 1.66. The zero-order valence-corrected chi connectivity index (χ0v) is 14.1. The number of carbonyl (C=O) groups is 1. The molecule has 0 unspecified atom stereocenters. The molecule has 0 spiro atoms. The molecule has 124 valence electrons. The van der Waals surface area contributed by atoms with Gasteiger partial charge >= 0.3 is 0 Å². The molecule has 0 N–H and O–H groups in total. The van der Waals surface area contributed by atoms with Crippen LogP contribution in [0.25, 0.3) is 21.8 Å². The summed E-state index contributed by atoms with van der Waals surface area (Å²) < 4.78 is 6.90. The van der Waals surface area contributed by atoms with Crippen molar-refractivity contribution < 1.29 is 9.53 Å². The highest BCUT2D eigenvalue weighted by molar-refractivity contribution is 5.94. The maximum Gasteiger partial charge on any atom is 0.239 e. The van der Waals surface area contributed by atoms with Gasteiger partial charge in [0.2, 0.25) is 5.91 Å². The van der Waals surface area contributed by atoms with Gasteiger partial charge in [-0.15, -0.1) is 0 Å². The minimum atomic E-state index is -0.260. The van der Waals surface area contributed by atoms with Crippen LogP contribution in [0.15, 0.2) is 67.0 Å². The molecule has 0 aliphatic carbocycles. The lowest BCUT2D eigenvalue weighted by atomic mass is 9.97. The van der Waals surface area contributed by atoms with Gasteiger partial charge in [-0.1, -0.05) is 36.4 Å². The van der Waals surface area contributed by atoms with Crippen LogP contribution in [0.5, 0.6) is 5.75 Å². The van der Waals surface area contributed by atoms with Crippen LogP contribution in [0, 0.1) is 0 Å². The quantitative estimate of drug-likeness (QED) is 0.549. The highest BCUT2D eigenvalue weighted by atomic mass is 16.5. The minimum absolute atomic E-state index is 0.0153. The lowest BCUT2D eigenvalue weighted by Gasteiger charge is -2.13. The third-order valence-corrected chi connectivity index (χ3v) is 4.63. The molecular formula is C21H18N2O2. The van der Waals surface area contributed by atoms with Crippen molar-refractivity contribution in [1.82, 2.24) is 9.55 Å². The molecule has 4 rings (SSSR count). The van der Waals surface area contributed by atoms with Crippen molar-refractivity contribution in [1.29, 1.82) is 0 Å². The summed E-state index contributed by atoms with van der Waals surface area (Å²) in [6.45, 7) is 1.93. The van der Waals surface area contributed by atoms with E-state index in [1.165, 1.54) is 0 Å². The molecule has 0 bridgehead atoms. The van der Waals surface area contributed by atoms with E-state index >= 15 is 0 Å². The lowest BCUT2D eigenvalue weighted by molar-refractivity contribution is 0.0889. The van der Waals surface area contributed by atoms with Crippen molar-refractivity contribution in [3.8, 4) is 5.75 Å². The summed E-state index contributed by atoms with van der Waals surface area (Å²) in [5.74, 6) is 0.583. The smallest absolute Gasteiger partial charge is 0.239 e. The van der Waals surface area contributed by atoms with E-state index in [9.17, 15) is 4.79 Å². The van der Waals surface area contributed by atoms with Gasteiger partial charge in [-0.05, 0) is 47.5 Å². The van der Waals surface area contributed by atoms with Gasteiger partial charge in [0.05, 0.1) is 24.1 Å². The first kappa shape index (κ1) is 15.4. The van der Waals surface area contributed by atoms with E-state index in [1.54, 1.807) is 18.0 Å². The van der Waals surface area contributed by atoms with Crippen molar-refractivity contribution in [2.24, 2.45) is 0 Å². The van der Waals surface area contributed by atoms with Gasteiger partial charge in [0.1, 0.15) is 12.1 Å². The van der Waals surface area contributed by atoms with Crippen molar-refractivity contribution in [2.75, 3.05) is 7.11 Å². The third-order valence-electron chi connectivity index (χ3n) is 4.63. The Morgan fingerprint density at radius 1 is 1.04 bits per heavy atom. The summed E-state index contributed by atoms with van der Waals surface area (Å²) in [5, 5.41) is 2.18. The molecule has 0 aliphatic rings. The third kappa shape index (κ3) is 2.66. The number of fused-ring (bicyclic) bond motifs is 2. The summed E-state index contributed by atoms with van der Waals surface area (Å²) in [5.41, 5.74) is 2.65. The summed E-state index contributed by atoms with van der Waals surface area (Å²) >= 11 is 0. The highest BCUT2D eigenvalue weighted by Gasteiger charge is 2.19. The first-order valence-corrected chi connectivity index (χ1v) is 8.21. The minimum Gasteiger partial charge on any atom is -0.497 e. The molecule has 1 atom stereocenters. The number of carbonyl (C=O) groups excluding carboxylic acids is 1. The zero-order valence-electron chi connectivity index (χ0n) is 14.1. The first-order valence-electron chi connectivity index (χ1n) is 8.21. The van der Waals surface area contributed by atoms with E-state index in [0.717, 1.165) is 33.1 Å². The predicted molar refractivity (Wildman–Crippen MR) is 99.3 cm³/mol. The zero-order chi connectivity index (χ0) is 17.4. The second-order valence-electron chi connectivity index (χ2n) is 6.14. The fourth-order valence-corrected chi connectivity index (χ4v) is 3.12. The number of methoxy groups -OCH3 is 1. The number of ether oxygens (including phenoxy) is 1. The summed E-state index contributed by atoms with van der Waals surface area (Å²) in [4.78, 5) is 17.3. The van der Waals surface area contributed by atoms with E-state index in [-0.39, 0.29) is 11.8 Å². The molecule has 0 amide bonds. The van der Waals surface area contributed by atoms with Gasteiger partial charge in [0.25, 0.3) is 0 Å². The van der Waals surface area contributed by atoms with E-state index in [2.05, 4.69) is 11.1 Å². The molecule has 0 fully saturated rings. The molecule has 4 nitrogen and oxygen atoms in total. The van der Waals surface area contributed by atoms with Gasteiger partial charge in [-0.3, -0.25) is 9.36 Å². The number of imidazole rings is 1. The molecule has 4 heteroatoms. The fourth-order valence-electron chi connectivity index (χ4n) is 3.12. The number of nitrogens with zero attached hydrogens (tertiary/aromatic N) is 2. The van der Waals surface area contributed by atoms with Crippen LogP contribution >= 0.6 is 0 Å². The van der Waals surface area contributed by atoms with Crippen molar-refractivity contribution in [3.63, 3.8) is 0 Å². The molecule has 0 radical (unpaired) electrons. The number of benzene rings is 3. The number of hydrogen-bond donors (Lipinski definition) is 0. The monoisotopic (exact) mass is 330 g/mol. The normalized spacial score (nSPS) is 12.4. The van der Waals surface area contributed by atoms with Crippen LogP contribution in [-0.2, 0) is 0 Å². The van der Waals surface area contributed by atoms with Gasteiger partial charge in [-0.25, -0.2) is 4.98 Å². The van der Waals surface area contributed by atoms with E-state index in [1.807, 2.05) is 61.5 Å². The van der Waals surface area contributed by atoms with E-state index < -0.39 is 0 Å². The van der Waals surface area contributed by atoms with Gasteiger partial charge < -0.3 is 4.74 Å². The van der Waals surface area contributed by atoms with Crippen molar-refractivity contribution >= 4 is 27.7 Å². The van der Waals surface area contributed by atoms with Gasteiger partial charge in [0, 0.05) is 0 Å². The Labute approximate surface area is 145 Å². The summed E-state index contributed by atoms with van der Waals surface area (Å²) in [6, 6.07) is 19.7. The number of para-hydroxylation sites is 2. The average molecular weight is 330 g/mol. The maximum atomic E-state index is 13.0. The SMILES string of the molecule is COc1ccc2cc([C@H](C)C(=O)n3cnc4ccccc43)ccc2c1. The van der Waals surface area contributed by atoms with Crippen LogP contribution in [0.4, 0.5) is 0 Å². The molecule has 25 heavy (non-hydrogen) atoms. The lowest BCUT2D eigenvalue weighted by Crippen LogP contribution is -2.17.